The molecule has 3 heteroatoms. The van der Waals surface area contributed by atoms with Gasteiger partial charge in [-0.3, -0.25) is 0 Å². The summed E-state index contributed by atoms with van der Waals surface area (Å²) >= 11 is 0. The smallest absolute Gasteiger partial charge is 0.0766 e. The van der Waals surface area contributed by atoms with Gasteiger partial charge in [0.1, 0.15) is 0 Å². The summed E-state index contributed by atoms with van der Waals surface area (Å²) in [4.78, 5) is 2.40. The molecule has 1 aromatic carbocycles. The Kier molecular flexibility index (Phi) is 4.40. The lowest BCUT2D eigenvalue weighted by Crippen LogP contribution is -2.23. The van der Waals surface area contributed by atoms with Crippen molar-refractivity contribution in [2.24, 2.45) is 5.73 Å². The van der Waals surface area contributed by atoms with Crippen LogP contribution in [0.25, 0.3) is 0 Å². The summed E-state index contributed by atoms with van der Waals surface area (Å²) in [5, 5.41) is 0. The second-order valence-electron chi connectivity index (χ2n) is 4.71. The largest absolute Gasteiger partial charge is 0.376 e. The molecule has 0 bridgehead atoms. The van der Waals surface area contributed by atoms with Crippen LogP contribution >= 0.6 is 0 Å². The van der Waals surface area contributed by atoms with Crippen LogP contribution in [0, 0.1) is 6.92 Å². The van der Waals surface area contributed by atoms with Crippen LogP contribution in [-0.4, -0.2) is 32.3 Å². The molecule has 1 aromatic rings. The van der Waals surface area contributed by atoms with Crippen molar-refractivity contribution >= 4 is 5.69 Å². The van der Waals surface area contributed by atoms with Crippen molar-refractivity contribution in [3.8, 4) is 0 Å². The van der Waals surface area contributed by atoms with E-state index in [1.165, 1.54) is 11.3 Å². The maximum absolute atomic E-state index is 5.80. The first-order chi connectivity index (χ1) is 8.29. The number of benzene rings is 1. The second kappa shape index (κ2) is 6.03. The predicted molar refractivity (Wildman–Crippen MR) is 71.4 cm³/mol. The van der Waals surface area contributed by atoms with E-state index >= 15 is 0 Å². The Labute approximate surface area is 104 Å². The molecule has 17 heavy (non-hydrogen) atoms. The number of nitrogens with zero attached hydrogens (tertiary/aromatic N) is 1. The van der Waals surface area contributed by atoms with Crippen molar-refractivity contribution in [3.05, 3.63) is 29.8 Å². The summed E-state index contributed by atoms with van der Waals surface area (Å²) in [5.74, 6) is 0. The zero-order valence-corrected chi connectivity index (χ0v) is 10.6. The van der Waals surface area contributed by atoms with Crippen LogP contribution in [0.5, 0.6) is 0 Å². The molecule has 1 saturated heterocycles. The van der Waals surface area contributed by atoms with Gasteiger partial charge in [0.25, 0.3) is 0 Å². The Morgan fingerprint density at radius 2 is 2.12 bits per heavy atom. The molecular formula is C14H22N2O. The third kappa shape index (κ3) is 3.45. The number of rotatable bonds is 5. The van der Waals surface area contributed by atoms with Gasteiger partial charge in [0, 0.05) is 25.4 Å². The van der Waals surface area contributed by atoms with Gasteiger partial charge in [-0.2, -0.15) is 0 Å². The molecule has 0 saturated carbocycles. The lowest BCUT2D eigenvalue weighted by molar-refractivity contribution is 0.0676. The van der Waals surface area contributed by atoms with E-state index in [1.807, 2.05) is 0 Å². The van der Waals surface area contributed by atoms with Crippen LogP contribution in [0.1, 0.15) is 18.4 Å². The number of aryl methyl sites for hydroxylation is 1. The lowest BCUT2D eigenvalue weighted by atomic mass is 10.2. The van der Waals surface area contributed by atoms with Crippen molar-refractivity contribution in [2.45, 2.75) is 25.9 Å². The molecule has 1 aliphatic rings. The van der Waals surface area contributed by atoms with Crippen molar-refractivity contribution in [3.63, 3.8) is 0 Å². The Balaban J connectivity index is 1.83. The SMILES string of the molecule is Cc1ccc(N2CCC(OCCCN)C2)cc1. The van der Waals surface area contributed by atoms with Crippen molar-refractivity contribution in [2.75, 3.05) is 31.1 Å². The van der Waals surface area contributed by atoms with Crippen LogP contribution in [0.15, 0.2) is 24.3 Å². The van der Waals surface area contributed by atoms with E-state index in [0.717, 1.165) is 32.5 Å². The van der Waals surface area contributed by atoms with Crippen LogP contribution < -0.4 is 10.6 Å². The minimum atomic E-state index is 0.378. The summed E-state index contributed by atoms with van der Waals surface area (Å²) in [6.45, 7) is 5.73. The van der Waals surface area contributed by atoms with Gasteiger partial charge in [-0.25, -0.2) is 0 Å². The van der Waals surface area contributed by atoms with Crippen LogP contribution in [0.2, 0.25) is 0 Å². The predicted octanol–water partition coefficient (Wildman–Crippen LogP) is 1.94. The Morgan fingerprint density at radius 3 is 2.82 bits per heavy atom. The summed E-state index contributed by atoms with van der Waals surface area (Å²) in [7, 11) is 0. The normalized spacial score (nSPS) is 19.9. The molecule has 0 spiro atoms. The maximum atomic E-state index is 5.80. The fourth-order valence-corrected chi connectivity index (χ4v) is 2.19. The number of hydrogen-bond donors (Lipinski definition) is 1. The quantitative estimate of drug-likeness (QED) is 0.791. The minimum absolute atomic E-state index is 0.378. The van der Waals surface area contributed by atoms with E-state index < -0.39 is 0 Å². The third-order valence-electron chi connectivity index (χ3n) is 3.25. The zero-order chi connectivity index (χ0) is 12.1. The lowest BCUT2D eigenvalue weighted by Gasteiger charge is -2.18. The highest BCUT2D eigenvalue weighted by Crippen LogP contribution is 2.22. The van der Waals surface area contributed by atoms with Gasteiger partial charge in [0.15, 0.2) is 0 Å². The number of nitrogens with two attached hydrogens (primary N) is 1. The Hall–Kier alpha value is -1.06. The highest BCUT2D eigenvalue weighted by atomic mass is 16.5. The molecule has 0 amide bonds. The van der Waals surface area contributed by atoms with Gasteiger partial charge in [-0.15, -0.1) is 0 Å². The highest BCUT2D eigenvalue weighted by molar-refractivity contribution is 5.48. The number of anilines is 1. The van der Waals surface area contributed by atoms with Gasteiger partial charge < -0.3 is 15.4 Å². The molecule has 94 valence electrons. The monoisotopic (exact) mass is 234 g/mol. The van der Waals surface area contributed by atoms with E-state index in [1.54, 1.807) is 0 Å². The van der Waals surface area contributed by atoms with Gasteiger partial charge in [0.2, 0.25) is 0 Å². The van der Waals surface area contributed by atoms with Gasteiger partial charge in [-0.1, -0.05) is 17.7 Å². The van der Waals surface area contributed by atoms with E-state index in [9.17, 15) is 0 Å². The fraction of sp³-hybridized carbons (Fsp3) is 0.571. The molecule has 0 radical (unpaired) electrons. The fourth-order valence-electron chi connectivity index (χ4n) is 2.19. The van der Waals surface area contributed by atoms with E-state index in [2.05, 4.69) is 36.1 Å². The summed E-state index contributed by atoms with van der Waals surface area (Å²) < 4.78 is 5.80. The summed E-state index contributed by atoms with van der Waals surface area (Å²) in [6.07, 6.45) is 2.46. The first-order valence-electron chi connectivity index (χ1n) is 6.43. The average Bonchev–Trinajstić information content (AvgIpc) is 2.79. The first kappa shape index (κ1) is 12.4. The zero-order valence-electron chi connectivity index (χ0n) is 10.6. The summed E-state index contributed by atoms with van der Waals surface area (Å²) in [5.41, 5.74) is 8.07. The number of hydrogen-bond acceptors (Lipinski definition) is 3. The Bertz CT molecular complexity index is 337. The third-order valence-corrected chi connectivity index (χ3v) is 3.25. The van der Waals surface area contributed by atoms with Crippen LogP contribution in [0.3, 0.4) is 0 Å². The number of ether oxygens (including phenoxy) is 1. The molecule has 0 aromatic heterocycles. The van der Waals surface area contributed by atoms with E-state index in [-0.39, 0.29) is 0 Å². The molecule has 2 rings (SSSR count). The minimum Gasteiger partial charge on any atom is -0.376 e. The second-order valence-corrected chi connectivity index (χ2v) is 4.71. The van der Waals surface area contributed by atoms with Crippen molar-refractivity contribution in [1.29, 1.82) is 0 Å². The molecular weight excluding hydrogens is 212 g/mol. The van der Waals surface area contributed by atoms with Crippen molar-refractivity contribution < 1.29 is 4.74 Å². The molecule has 1 unspecified atom stereocenters. The standard InChI is InChI=1S/C14H22N2O/c1-12-3-5-13(6-4-12)16-9-7-14(11-16)17-10-2-8-15/h3-6,14H,2,7-11,15H2,1H3. The Morgan fingerprint density at radius 1 is 1.35 bits per heavy atom. The molecule has 1 atom stereocenters. The van der Waals surface area contributed by atoms with E-state index in [4.69, 9.17) is 10.5 Å². The van der Waals surface area contributed by atoms with Crippen LogP contribution in [0.4, 0.5) is 5.69 Å². The summed E-state index contributed by atoms with van der Waals surface area (Å²) in [6, 6.07) is 8.71. The highest BCUT2D eigenvalue weighted by Gasteiger charge is 2.22. The molecule has 1 heterocycles. The first-order valence-corrected chi connectivity index (χ1v) is 6.43. The molecule has 1 fully saturated rings. The molecule has 3 nitrogen and oxygen atoms in total. The molecule has 0 aliphatic carbocycles. The van der Waals surface area contributed by atoms with E-state index in [0.29, 0.717) is 12.6 Å². The average molecular weight is 234 g/mol. The molecule has 1 aliphatic heterocycles. The topological polar surface area (TPSA) is 38.5 Å². The maximum Gasteiger partial charge on any atom is 0.0766 e. The van der Waals surface area contributed by atoms with Gasteiger partial charge >= 0.3 is 0 Å². The van der Waals surface area contributed by atoms with Gasteiger partial charge in [0.05, 0.1) is 6.10 Å². The van der Waals surface area contributed by atoms with Crippen LogP contribution in [-0.2, 0) is 4.74 Å². The van der Waals surface area contributed by atoms with Crippen molar-refractivity contribution in [1.82, 2.24) is 0 Å². The van der Waals surface area contributed by atoms with Gasteiger partial charge in [-0.05, 0) is 38.4 Å². The molecule has 2 N–H and O–H groups in total.